The summed E-state index contributed by atoms with van der Waals surface area (Å²) in [6, 6.07) is 5.36. The first kappa shape index (κ1) is 12.8. The van der Waals surface area contributed by atoms with Crippen LogP contribution < -0.4 is 5.32 Å². The first-order valence-electron chi connectivity index (χ1n) is 7.79. The second-order valence-electron chi connectivity index (χ2n) is 6.00. The van der Waals surface area contributed by atoms with Crippen molar-refractivity contribution in [3.8, 4) is 5.82 Å². The van der Waals surface area contributed by atoms with E-state index in [9.17, 15) is 0 Å². The van der Waals surface area contributed by atoms with E-state index in [1.807, 2.05) is 36.1 Å². The number of rotatable bonds is 3. The molecule has 110 valence electrons. The van der Waals surface area contributed by atoms with Crippen LogP contribution in [0.1, 0.15) is 25.1 Å². The van der Waals surface area contributed by atoms with Crippen LogP contribution in [0.3, 0.4) is 0 Å². The Morgan fingerprint density at radius 3 is 3.00 bits per heavy atom. The van der Waals surface area contributed by atoms with Crippen LogP contribution in [0.4, 0.5) is 5.69 Å². The molecule has 1 N–H and O–H groups in total. The predicted octanol–water partition coefficient (Wildman–Crippen LogP) is 2.22. The highest BCUT2D eigenvalue weighted by Gasteiger charge is 2.37. The lowest BCUT2D eigenvalue weighted by atomic mass is 10.1. The highest BCUT2D eigenvalue weighted by Crippen LogP contribution is 2.31. The van der Waals surface area contributed by atoms with Crippen molar-refractivity contribution in [2.45, 2.75) is 38.3 Å². The zero-order valence-corrected chi connectivity index (χ0v) is 12.4. The smallest absolute Gasteiger partial charge is 0.161 e. The lowest BCUT2D eigenvalue weighted by molar-refractivity contribution is 0.318. The molecule has 0 radical (unpaired) electrons. The lowest BCUT2D eigenvalue weighted by Gasteiger charge is -2.23. The van der Waals surface area contributed by atoms with E-state index in [0.717, 1.165) is 17.3 Å². The third-order valence-electron chi connectivity index (χ3n) is 4.79. The maximum absolute atomic E-state index is 4.56. The fraction of sp³-hybridized carbons (Fsp3) is 0.500. The van der Waals surface area contributed by atoms with Gasteiger partial charge in [-0.25, -0.2) is 9.97 Å². The summed E-state index contributed by atoms with van der Waals surface area (Å²) >= 11 is 0. The molecule has 2 aromatic rings. The standard InChI is InChI=1S/C16H21N5/c1-12-17-8-11-21(12)16-14(4-2-7-18-16)19-13-6-10-20-9-3-5-15(13)20/h2,4,7-8,11,13,15,19H,3,5-6,9-10H2,1H3. The molecule has 2 aliphatic rings. The fourth-order valence-electron chi connectivity index (χ4n) is 3.75. The van der Waals surface area contributed by atoms with Gasteiger partial charge in [0.05, 0.1) is 5.69 Å². The normalized spacial score (nSPS) is 25.2. The number of nitrogens with zero attached hydrogens (tertiary/aromatic N) is 4. The molecule has 2 fully saturated rings. The van der Waals surface area contributed by atoms with E-state index < -0.39 is 0 Å². The predicted molar refractivity (Wildman–Crippen MR) is 82.7 cm³/mol. The number of imidazole rings is 1. The SMILES string of the molecule is Cc1nccn1-c1ncccc1NC1CCN2CCCC12. The Labute approximate surface area is 125 Å². The molecule has 0 saturated carbocycles. The third kappa shape index (κ3) is 2.21. The topological polar surface area (TPSA) is 46.0 Å². The molecule has 2 aliphatic heterocycles. The Morgan fingerprint density at radius 1 is 1.19 bits per heavy atom. The second kappa shape index (κ2) is 5.15. The van der Waals surface area contributed by atoms with Gasteiger partial charge in [-0.15, -0.1) is 0 Å². The fourth-order valence-corrected chi connectivity index (χ4v) is 3.75. The van der Waals surface area contributed by atoms with Crippen LogP contribution in [0.25, 0.3) is 5.82 Å². The summed E-state index contributed by atoms with van der Waals surface area (Å²) in [5.74, 6) is 1.91. The quantitative estimate of drug-likeness (QED) is 0.938. The third-order valence-corrected chi connectivity index (χ3v) is 4.79. The van der Waals surface area contributed by atoms with Crippen LogP contribution in [0.2, 0.25) is 0 Å². The maximum atomic E-state index is 4.56. The van der Waals surface area contributed by atoms with E-state index >= 15 is 0 Å². The van der Waals surface area contributed by atoms with E-state index in [1.54, 1.807) is 0 Å². The van der Waals surface area contributed by atoms with Crippen molar-refractivity contribution in [1.29, 1.82) is 0 Å². The Balaban J connectivity index is 1.62. The van der Waals surface area contributed by atoms with Crippen molar-refractivity contribution in [3.05, 3.63) is 36.5 Å². The van der Waals surface area contributed by atoms with Gasteiger partial charge >= 0.3 is 0 Å². The summed E-state index contributed by atoms with van der Waals surface area (Å²) in [6.07, 6.45) is 9.51. The Kier molecular flexibility index (Phi) is 3.15. The van der Waals surface area contributed by atoms with Gasteiger partial charge < -0.3 is 5.32 Å². The molecule has 2 saturated heterocycles. The second-order valence-corrected chi connectivity index (χ2v) is 6.00. The average Bonchev–Trinajstić information content (AvgIpc) is 3.18. The minimum Gasteiger partial charge on any atom is -0.378 e. The number of hydrogen-bond acceptors (Lipinski definition) is 4. The molecule has 2 unspecified atom stereocenters. The Morgan fingerprint density at radius 2 is 2.14 bits per heavy atom. The summed E-state index contributed by atoms with van der Waals surface area (Å²) < 4.78 is 2.05. The molecular weight excluding hydrogens is 262 g/mol. The van der Waals surface area contributed by atoms with Crippen LogP contribution in [0, 0.1) is 6.92 Å². The highest BCUT2D eigenvalue weighted by atomic mass is 15.2. The Hall–Kier alpha value is -1.88. The molecule has 0 amide bonds. The van der Waals surface area contributed by atoms with Crippen LogP contribution in [-0.4, -0.2) is 44.6 Å². The number of anilines is 1. The van der Waals surface area contributed by atoms with E-state index in [-0.39, 0.29) is 0 Å². The van der Waals surface area contributed by atoms with Gasteiger partial charge in [0, 0.05) is 37.2 Å². The summed E-state index contributed by atoms with van der Waals surface area (Å²) in [5, 5.41) is 3.74. The van der Waals surface area contributed by atoms with Crippen molar-refractivity contribution in [3.63, 3.8) is 0 Å². The van der Waals surface area contributed by atoms with Gasteiger partial charge in [-0.1, -0.05) is 0 Å². The van der Waals surface area contributed by atoms with E-state index in [2.05, 4.69) is 26.3 Å². The van der Waals surface area contributed by atoms with Crippen molar-refractivity contribution in [2.24, 2.45) is 0 Å². The zero-order valence-electron chi connectivity index (χ0n) is 12.4. The summed E-state index contributed by atoms with van der Waals surface area (Å²) in [7, 11) is 0. The van der Waals surface area contributed by atoms with E-state index in [0.29, 0.717) is 12.1 Å². The van der Waals surface area contributed by atoms with Crippen LogP contribution in [0.5, 0.6) is 0 Å². The minimum atomic E-state index is 0.541. The molecule has 0 spiro atoms. The molecule has 4 heterocycles. The zero-order chi connectivity index (χ0) is 14.2. The van der Waals surface area contributed by atoms with Gasteiger partial charge in [-0.2, -0.15) is 0 Å². The molecule has 21 heavy (non-hydrogen) atoms. The highest BCUT2D eigenvalue weighted by molar-refractivity contribution is 5.58. The van der Waals surface area contributed by atoms with Crippen molar-refractivity contribution < 1.29 is 0 Å². The van der Waals surface area contributed by atoms with Gasteiger partial charge in [-0.3, -0.25) is 9.47 Å². The largest absolute Gasteiger partial charge is 0.378 e. The van der Waals surface area contributed by atoms with E-state index in [4.69, 9.17) is 0 Å². The number of aromatic nitrogens is 3. The molecular formula is C16H21N5. The maximum Gasteiger partial charge on any atom is 0.161 e. The van der Waals surface area contributed by atoms with Gasteiger partial charge in [0.25, 0.3) is 0 Å². The minimum absolute atomic E-state index is 0.541. The molecule has 2 aromatic heterocycles. The van der Waals surface area contributed by atoms with Crippen LogP contribution in [0.15, 0.2) is 30.7 Å². The van der Waals surface area contributed by atoms with Crippen molar-refractivity contribution in [1.82, 2.24) is 19.4 Å². The molecule has 4 rings (SSSR count). The Bertz CT molecular complexity index is 635. The molecule has 0 aliphatic carbocycles. The monoisotopic (exact) mass is 283 g/mol. The van der Waals surface area contributed by atoms with Crippen molar-refractivity contribution >= 4 is 5.69 Å². The summed E-state index contributed by atoms with van der Waals surface area (Å²) in [6.45, 7) is 4.50. The molecule has 0 bridgehead atoms. The van der Waals surface area contributed by atoms with E-state index in [1.165, 1.54) is 32.4 Å². The first-order valence-corrected chi connectivity index (χ1v) is 7.79. The van der Waals surface area contributed by atoms with Crippen molar-refractivity contribution in [2.75, 3.05) is 18.4 Å². The molecule has 5 heteroatoms. The van der Waals surface area contributed by atoms with Crippen LogP contribution >= 0.6 is 0 Å². The van der Waals surface area contributed by atoms with Gasteiger partial charge in [0.1, 0.15) is 5.82 Å². The van der Waals surface area contributed by atoms with Crippen LogP contribution in [-0.2, 0) is 0 Å². The number of aryl methyl sites for hydroxylation is 1. The summed E-state index contributed by atoms with van der Waals surface area (Å²) in [4.78, 5) is 11.5. The number of fused-ring (bicyclic) bond motifs is 1. The first-order chi connectivity index (χ1) is 10.3. The van der Waals surface area contributed by atoms with Gasteiger partial charge in [0.2, 0.25) is 0 Å². The number of nitrogens with one attached hydrogen (secondary N) is 1. The molecule has 0 aromatic carbocycles. The van der Waals surface area contributed by atoms with Gasteiger partial charge in [-0.05, 0) is 44.9 Å². The molecule has 2 atom stereocenters. The summed E-state index contributed by atoms with van der Waals surface area (Å²) in [5.41, 5.74) is 1.11. The number of pyridine rings is 1. The average molecular weight is 283 g/mol. The molecule has 5 nitrogen and oxygen atoms in total. The lowest BCUT2D eigenvalue weighted by Crippen LogP contribution is -2.34. The van der Waals surface area contributed by atoms with Gasteiger partial charge in [0.15, 0.2) is 5.82 Å². The number of hydrogen-bond donors (Lipinski definition) is 1.